The third-order valence-electron chi connectivity index (χ3n) is 4.39. The topological polar surface area (TPSA) is 71.1 Å². The van der Waals surface area contributed by atoms with Gasteiger partial charge in [0, 0.05) is 23.6 Å². The molecule has 1 unspecified atom stereocenters. The molecule has 0 bridgehead atoms. The van der Waals surface area contributed by atoms with E-state index >= 15 is 0 Å². The summed E-state index contributed by atoms with van der Waals surface area (Å²) >= 11 is 0. The normalized spacial score (nSPS) is 12.1. The van der Waals surface area contributed by atoms with Crippen LogP contribution in [0.15, 0.2) is 73.1 Å². The van der Waals surface area contributed by atoms with Gasteiger partial charge in [-0.05, 0) is 55.0 Å². The number of amides is 2. The number of hydrogen-bond acceptors (Lipinski definition) is 3. The molecule has 0 aliphatic heterocycles. The minimum atomic E-state index is -4.41. The monoisotopic (exact) mass is 413 g/mol. The molecule has 1 heterocycles. The summed E-state index contributed by atoms with van der Waals surface area (Å²) < 4.78 is 38.1. The van der Waals surface area contributed by atoms with Gasteiger partial charge in [0.05, 0.1) is 17.2 Å². The number of rotatable bonds is 5. The van der Waals surface area contributed by atoms with Crippen molar-refractivity contribution in [2.45, 2.75) is 19.1 Å². The molecule has 8 heteroatoms. The van der Waals surface area contributed by atoms with E-state index in [0.717, 1.165) is 12.1 Å². The molecule has 1 aromatic heterocycles. The van der Waals surface area contributed by atoms with Gasteiger partial charge in [-0.25, -0.2) is 0 Å². The minimum Gasteiger partial charge on any atom is -0.346 e. The van der Waals surface area contributed by atoms with Gasteiger partial charge in [-0.3, -0.25) is 14.6 Å². The third kappa shape index (κ3) is 5.22. The van der Waals surface area contributed by atoms with Crippen molar-refractivity contribution < 1.29 is 22.8 Å². The number of anilines is 1. The fourth-order valence-electron chi connectivity index (χ4n) is 2.76. The molecule has 3 rings (SSSR count). The van der Waals surface area contributed by atoms with Crippen LogP contribution in [0.4, 0.5) is 18.9 Å². The third-order valence-corrected chi connectivity index (χ3v) is 4.39. The second kappa shape index (κ2) is 8.77. The van der Waals surface area contributed by atoms with Gasteiger partial charge in [0.2, 0.25) is 0 Å². The molecule has 0 saturated carbocycles. The largest absolute Gasteiger partial charge is 0.416 e. The Bertz CT molecular complexity index is 1040. The molecule has 2 aromatic carbocycles. The van der Waals surface area contributed by atoms with Crippen molar-refractivity contribution in [3.63, 3.8) is 0 Å². The minimum absolute atomic E-state index is 0.303. The number of carbonyl (C=O) groups is 2. The van der Waals surface area contributed by atoms with E-state index in [-0.39, 0.29) is 5.91 Å². The van der Waals surface area contributed by atoms with Crippen LogP contribution in [0.3, 0.4) is 0 Å². The number of halogens is 3. The lowest BCUT2D eigenvalue weighted by Gasteiger charge is -2.16. The highest BCUT2D eigenvalue weighted by molar-refractivity contribution is 6.04. The number of carbonyl (C=O) groups excluding carboxylic acids is 2. The quantitative estimate of drug-likeness (QED) is 0.629. The summed E-state index contributed by atoms with van der Waals surface area (Å²) in [6, 6.07) is 13.7. The van der Waals surface area contributed by atoms with E-state index < -0.39 is 23.7 Å². The molecule has 0 saturated heterocycles. The Morgan fingerprint density at radius 2 is 1.63 bits per heavy atom. The average Bonchev–Trinajstić information content (AvgIpc) is 2.74. The Balaban J connectivity index is 1.67. The number of nitrogens with zero attached hydrogens (tertiary/aromatic N) is 1. The van der Waals surface area contributed by atoms with Crippen LogP contribution in [0.2, 0.25) is 0 Å². The van der Waals surface area contributed by atoms with Gasteiger partial charge in [-0.2, -0.15) is 13.2 Å². The van der Waals surface area contributed by atoms with Crippen molar-refractivity contribution in [2.75, 3.05) is 5.32 Å². The van der Waals surface area contributed by atoms with Gasteiger partial charge in [-0.15, -0.1) is 0 Å². The highest BCUT2D eigenvalue weighted by atomic mass is 19.4. The summed E-state index contributed by atoms with van der Waals surface area (Å²) in [5, 5.41) is 5.43. The van der Waals surface area contributed by atoms with E-state index in [1.54, 1.807) is 43.5 Å². The van der Waals surface area contributed by atoms with E-state index in [1.807, 2.05) is 0 Å². The Kier molecular flexibility index (Phi) is 6.15. The van der Waals surface area contributed by atoms with Crippen LogP contribution < -0.4 is 10.6 Å². The highest BCUT2D eigenvalue weighted by Gasteiger charge is 2.30. The SMILES string of the molecule is CC(NC(=O)c1cccc(NC(=O)c2cccnc2)c1)c1ccc(C(F)(F)F)cc1. The van der Waals surface area contributed by atoms with Crippen LogP contribution in [0.25, 0.3) is 0 Å². The number of pyridine rings is 1. The zero-order valence-corrected chi connectivity index (χ0v) is 15.9. The molecule has 1 atom stereocenters. The van der Waals surface area contributed by atoms with Crippen LogP contribution >= 0.6 is 0 Å². The van der Waals surface area contributed by atoms with Gasteiger partial charge in [-0.1, -0.05) is 18.2 Å². The van der Waals surface area contributed by atoms with Crippen LogP contribution in [0.5, 0.6) is 0 Å². The predicted molar refractivity (Wildman–Crippen MR) is 106 cm³/mol. The summed E-state index contributed by atoms with van der Waals surface area (Å²) in [4.78, 5) is 28.7. The smallest absolute Gasteiger partial charge is 0.346 e. The highest BCUT2D eigenvalue weighted by Crippen LogP contribution is 2.30. The lowest BCUT2D eigenvalue weighted by atomic mass is 10.1. The van der Waals surface area contributed by atoms with Gasteiger partial charge in [0.1, 0.15) is 0 Å². The second-order valence-electron chi connectivity index (χ2n) is 6.59. The molecule has 2 N–H and O–H groups in total. The van der Waals surface area contributed by atoms with Crippen molar-refractivity contribution in [3.05, 3.63) is 95.3 Å². The van der Waals surface area contributed by atoms with Gasteiger partial charge in [0.15, 0.2) is 0 Å². The first-order valence-electron chi connectivity index (χ1n) is 9.03. The molecule has 30 heavy (non-hydrogen) atoms. The van der Waals surface area contributed by atoms with Gasteiger partial charge < -0.3 is 10.6 Å². The summed E-state index contributed by atoms with van der Waals surface area (Å²) in [6.07, 6.45) is -1.43. The van der Waals surface area contributed by atoms with Crippen LogP contribution in [0.1, 0.15) is 44.8 Å². The molecular formula is C22H18F3N3O2. The Labute approximate surface area is 171 Å². The molecule has 0 spiro atoms. The molecule has 0 aliphatic carbocycles. The summed E-state index contributed by atoms with van der Waals surface area (Å²) in [5.41, 5.74) is 0.902. The van der Waals surface area contributed by atoms with Crippen LogP contribution in [-0.2, 0) is 6.18 Å². The van der Waals surface area contributed by atoms with Gasteiger partial charge >= 0.3 is 6.18 Å². The lowest BCUT2D eigenvalue weighted by molar-refractivity contribution is -0.137. The van der Waals surface area contributed by atoms with E-state index in [2.05, 4.69) is 15.6 Å². The maximum atomic E-state index is 12.7. The summed E-state index contributed by atoms with van der Waals surface area (Å²) in [5.74, 6) is -0.779. The Hall–Kier alpha value is -3.68. The van der Waals surface area contributed by atoms with Crippen molar-refractivity contribution >= 4 is 17.5 Å². The molecule has 0 fully saturated rings. The van der Waals surface area contributed by atoms with Crippen LogP contribution in [-0.4, -0.2) is 16.8 Å². The standard InChI is InChI=1S/C22H18F3N3O2/c1-14(15-7-9-18(10-8-15)22(23,24)25)27-20(29)16-4-2-6-19(12-16)28-21(30)17-5-3-11-26-13-17/h2-14H,1H3,(H,27,29)(H,28,30). The van der Waals surface area contributed by atoms with E-state index in [9.17, 15) is 22.8 Å². The number of nitrogens with one attached hydrogen (secondary N) is 2. The number of alkyl halides is 3. The predicted octanol–water partition coefficient (Wildman–Crippen LogP) is 4.84. The molecule has 0 radical (unpaired) electrons. The zero-order valence-electron chi connectivity index (χ0n) is 15.9. The van der Waals surface area contributed by atoms with E-state index in [1.165, 1.54) is 24.4 Å². The molecule has 2 amide bonds. The second-order valence-corrected chi connectivity index (χ2v) is 6.59. The molecule has 0 aliphatic rings. The van der Waals surface area contributed by atoms with Crippen molar-refractivity contribution in [3.8, 4) is 0 Å². The Morgan fingerprint density at radius 3 is 2.27 bits per heavy atom. The fraction of sp³-hybridized carbons (Fsp3) is 0.136. The number of hydrogen-bond donors (Lipinski definition) is 2. The maximum absolute atomic E-state index is 12.7. The fourth-order valence-corrected chi connectivity index (χ4v) is 2.76. The van der Waals surface area contributed by atoms with E-state index in [4.69, 9.17) is 0 Å². The van der Waals surface area contributed by atoms with Gasteiger partial charge in [0.25, 0.3) is 11.8 Å². The number of benzene rings is 2. The lowest BCUT2D eigenvalue weighted by Crippen LogP contribution is -2.26. The molecule has 5 nitrogen and oxygen atoms in total. The summed E-state index contributed by atoms with van der Waals surface area (Å²) in [7, 11) is 0. The van der Waals surface area contributed by atoms with E-state index in [0.29, 0.717) is 22.4 Å². The van der Waals surface area contributed by atoms with Crippen molar-refractivity contribution in [1.29, 1.82) is 0 Å². The number of aromatic nitrogens is 1. The first kappa shape index (κ1) is 21.0. The average molecular weight is 413 g/mol. The molecule has 3 aromatic rings. The van der Waals surface area contributed by atoms with Crippen molar-refractivity contribution in [1.82, 2.24) is 10.3 Å². The maximum Gasteiger partial charge on any atom is 0.416 e. The van der Waals surface area contributed by atoms with Crippen LogP contribution in [0, 0.1) is 0 Å². The first-order chi connectivity index (χ1) is 14.2. The molecular weight excluding hydrogens is 395 g/mol. The molecule has 154 valence electrons. The zero-order chi connectivity index (χ0) is 21.7. The Morgan fingerprint density at radius 1 is 0.933 bits per heavy atom. The van der Waals surface area contributed by atoms with Crippen molar-refractivity contribution in [2.24, 2.45) is 0 Å². The first-order valence-corrected chi connectivity index (χ1v) is 9.03. The summed E-state index contributed by atoms with van der Waals surface area (Å²) in [6.45, 7) is 1.68.